The third kappa shape index (κ3) is 2.33. The average Bonchev–Trinajstić information content (AvgIpc) is 3.11. The number of methoxy groups -OCH3 is 1. The largest absolute Gasteiger partial charge is 0.379 e. The molecular formula is C14H17N3O3. The van der Waals surface area contributed by atoms with Crippen molar-refractivity contribution in [3.05, 3.63) is 47.6 Å². The molecule has 1 aliphatic rings. The van der Waals surface area contributed by atoms with Gasteiger partial charge >= 0.3 is 0 Å². The van der Waals surface area contributed by atoms with Crippen LogP contribution in [0.5, 0.6) is 0 Å². The van der Waals surface area contributed by atoms with E-state index in [0.717, 1.165) is 12.1 Å². The maximum Gasteiger partial charge on any atom is 0.260 e. The highest BCUT2D eigenvalue weighted by Gasteiger charge is 2.39. The lowest BCUT2D eigenvalue weighted by molar-refractivity contribution is 0.0242. The number of aliphatic hydroxyl groups is 1. The quantitative estimate of drug-likeness (QED) is 0.866. The molecule has 6 heteroatoms. The highest BCUT2D eigenvalue weighted by molar-refractivity contribution is 5.23. The van der Waals surface area contributed by atoms with Gasteiger partial charge in [0.05, 0.1) is 0 Å². The molecule has 2 N–H and O–H groups in total. The zero-order chi connectivity index (χ0) is 14.0. The summed E-state index contributed by atoms with van der Waals surface area (Å²) in [5.41, 5.74) is -0.126. The van der Waals surface area contributed by atoms with Crippen LogP contribution in [-0.2, 0) is 10.3 Å². The maximum absolute atomic E-state index is 10.4. The smallest absolute Gasteiger partial charge is 0.260 e. The van der Waals surface area contributed by atoms with E-state index in [2.05, 4.69) is 15.5 Å². The van der Waals surface area contributed by atoms with Gasteiger partial charge in [-0.05, 0) is 18.5 Å². The third-order valence-electron chi connectivity index (χ3n) is 3.55. The summed E-state index contributed by atoms with van der Waals surface area (Å²) in [6.07, 6.45) is 0.170. The van der Waals surface area contributed by atoms with Crippen LogP contribution in [0.2, 0.25) is 0 Å². The number of aromatic nitrogens is 2. The van der Waals surface area contributed by atoms with Crippen molar-refractivity contribution in [2.75, 3.05) is 20.2 Å². The molecule has 106 valence electrons. The van der Waals surface area contributed by atoms with E-state index >= 15 is 0 Å². The number of benzene rings is 1. The summed E-state index contributed by atoms with van der Waals surface area (Å²) in [6, 6.07) is 9.67. The Kier molecular flexibility index (Phi) is 3.52. The van der Waals surface area contributed by atoms with Crippen molar-refractivity contribution < 1.29 is 14.4 Å². The topological polar surface area (TPSA) is 80.4 Å². The molecule has 20 heavy (non-hydrogen) atoms. The van der Waals surface area contributed by atoms with Gasteiger partial charge in [0.25, 0.3) is 5.89 Å². The van der Waals surface area contributed by atoms with E-state index < -0.39 is 11.7 Å². The molecule has 3 rings (SSSR count). The molecule has 1 fully saturated rings. The van der Waals surface area contributed by atoms with E-state index in [1.54, 1.807) is 7.11 Å². The number of hydrogen-bond acceptors (Lipinski definition) is 6. The van der Waals surface area contributed by atoms with Gasteiger partial charge in [-0.3, -0.25) is 0 Å². The predicted octanol–water partition coefficient (Wildman–Crippen LogP) is 0.986. The second-order valence-corrected chi connectivity index (χ2v) is 4.94. The van der Waals surface area contributed by atoms with E-state index in [0.29, 0.717) is 18.8 Å². The SMILES string of the molecule is COC(c1ccccc1)c1noc(C2(O)CCNC2)n1. The molecule has 0 saturated carbocycles. The van der Waals surface area contributed by atoms with Crippen molar-refractivity contribution in [2.45, 2.75) is 18.1 Å². The van der Waals surface area contributed by atoms with Crippen molar-refractivity contribution in [1.82, 2.24) is 15.5 Å². The van der Waals surface area contributed by atoms with Crippen LogP contribution >= 0.6 is 0 Å². The second-order valence-electron chi connectivity index (χ2n) is 4.94. The van der Waals surface area contributed by atoms with Crippen LogP contribution in [0.15, 0.2) is 34.9 Å². The maximum atomic E-state index is 10.4. The van der Waals surface area contributed by atoms with Crippen molar-refractivity contribution in [3.8, 4) is 0 Å². The molecule has 2 aromatic rings. The standard InChI is InChI=1S/C14H17N3O3/c1-19-11(10-5-3-2-4-6-10)12-16-13(20-17-12)14(18)7-8-15-9-14/h2-6,11,15,18H,7-9H2,1H3. The first kappa shape index (κ1) is 13.2. The van der Waals surface area contributed by atoms with Gasteiger partial charge in [-0.2, -0.15) is 4.98 Å². The Morgan fingerprint density at radius 3 is 2.85 bits per heavy atom. The Bertz CT molecular complexity index is 564. The minimum atomic E-state index is -1.07. The lowest BCUT2D eigenvalue weighted by Crippen LogP contribution is -2.28. The van der Waals surface area contributed by atoms with E-state index in [1.807, 2.05) is 30.3 Å². The fourth-order valence-electron chi connectivity index (χ4n) is 2.41. The molecule has 0 amide bonds. The van der Waals surface area contributed by atoms with Gasteiger partial charge < -0.3 is 19.7 Å². The molecule has 1 aliphatic heterocycles. The van der Waals surface area contributed by atoms with E-state index in [4.69, 9.17) is 9.26 Å². The first-order chi connectivity index (χ1) is 9.73. The summed E-state index contributed by atoms with van der Waals surface area (Å²) in [7, 11) is 1.60. The molecule has 0 spiro atoms. The first-order valence-corrected chi connectivity index (χ1v) is 6.58. The third-order valence-corrected chi connectivity index (χ3v) is 3.55. The number of nitrogens with zero attached hydrogens (tertiary/aromatic N) is 2. The first-order valence-electron chi connectivity index (χ1n) is 6.58. The Labute approximate surface area is 116 Å². The van der Waals surface area contributed by atoms with Gasteiger partial charge in [0, 0.05) is 13.7 Å². The van der Waals surface area contributed by atoms with Gasteiger partial charge in [0.15, 0.2) is 5.60 Å². The molecular weight excluding hydrogens is 258 g/mol. The minimum Gasteiger partial charge on any atom is -0.379 e. The Balaban J connectivity index is 1.89. The van der Waals surface area contributed by atoms with Crippen molar-refractivity contribution in [3.63, 3.8) is 0 Å². The molecule has 0 aliphatic carbocycles. The molecule has 2 heterocycles. The van der Waals surface area contributed by atoms with Crippen LogP contribution < -0.4 is 5.32 Å². The summed E-state index contributed by atoms with van der Waals surface area (Å²) in [6.45, 7) is 1.16. The molecule has 1 aromatic heterocycles. The lowest BCUT2D eigenvalue weighted by atomic mass is 10.0. The normalized spacial score (nSPS) is 23.9. The van der Waals surface area contributed by atoms with Gasteiger partial charge in [-0.15, -0.1) is 0 Å². The van der Waals surface area contributed by atoms with Gasteiger partial charge in [-0.25, -0.2) is 0 Å². The molecule has 1 saturated heterocycles. The Hall–Kier alpha value is -1.76. The van der Waals surface area contributed by atoms with E-state index in [-0.39, 0.29) is 5.89 Å². The van der Waals surface area contributed by atoms with Crippen LogP contribution in [0.25, 0.3) is 0 Å². The highest BCUT2D eigenvalue weighted by atomic mass is 16.5. The fourth-order valence-corrected chi connectivity index (χ4v) is 2.41. The average molecular weight is 275 g/mol. The summed E-state index contributed by atoms with van der Waals surface area (Å²) in [5, 5.41) is 17.4. The molecule has 0 bridgehead atoms. The number of rotatable bonds is 4. The van der Waals surface area contributed by atoms with Crippen molar-refractivity contribution in [2.24, 2.45) is 0 Å². The Morgan fingerprint density at radius 1 is 1.40 bits per heavy atom. The van der Waals surface area contributed by atoms with E-state index in [1.165, 1.54) is 0 Å². The van der Waals surface area contributed by atoms with Crippen molar-refractivity contribution >= 4 is 0 Å². The molecule has 6 nitrogen and oxygen atoms in total. The number of ether oxygens (including phenoxy) is 1. The zero-order valence-corrected chi connectivity index (χ0v) is 11.2. The summed E-state index contributed by atoms with van der Waals surface area (Å²) in [4.78, 5) is 4.32. The summed E-state index contributed by atoms with van der Waals surface area (Å²) >= 11 is 0. The number of hydrogen-bond donors (Lipinski definition) is 2. The molecule has 2 unspecified atom stereocenters. The van der Waals surface area contributed by atoms with E-state index in [9.17, 15) is 5.11 Å². The van der Waals surface area contributed by atoms with Crippen molar-refractivity contribution in [1.29, 1.82) is 0 Å². The fraction of sp³-hybridized carbons (Fsp3) is 0.429. The summed E-state index contributed by atoms with van der Waals surface area (Å²) in [5.74, 6) is 0.671. The predicted molar refractivity (Wildman–Crippen MR) is 71.0 cm³/mol. The lowest BCUT2D eigenvalue weighted by Gasteiger charge is -2.15. The van der Waals surface area contributed by atoms with Gasteiger partial charge in [0.1, 0.15) is 6.10 Å². The number of β-amino-alcohol motifs (C(OH)–C–C–N with tert-alkyl or cyclic N) is 1. The molecule has 0 radical (unpaired) electrons. The molecule has 1 aromatic carbocycles. The van der Waals surface area contributed by atoms with Gasteiger partial charge in [0.2, 0.25) is 5.82 Å². The summed E-state index contributed by atoms with van der Waals surface area (Å²) < 4.78 is 10.7. The van der Waals surface area contributed by atoms with Crippen LogP contribution in [-0.4, -0.2) is 35.4 Å². The Morgan fingerprint density at radius 2 is 2.20 bits per heavy atom. The van der Waals surface area contributed by atoms with Crippen LogP contribution in [0.3, 0.4) is 0 Å². The minimum absolute atomic E-state index is 0.246. The van der Waals surface area contributed by atoms with Crippen LogP contribution in [0.4, 0.5) is 0 Å². The van der Waals surface area contributed by atoms with Gasteiger partial charge in [-0.1, -0.05) is 35.5 Å². The highest BCUT2D eigenvalue weighted by Crippen LogP contribution is 2.29. The zero-order valence-electron chi connectivity index (χ0n) is 11.2. The van der Waals surface area contributed by atoms with Crippen LogP contribution in [0.1, 0.15) is 29.8 Å². The monoisotopic (exact) mass is 275 g/mol. The van der Waals surface area contributed by atoms with Crippen LogP contribution in [0, 0.1) is 0 Å². The molecule has 2 atom stereocenters. The second kappa shape index (κ2) is 5.32. The number of nitrogens with one attached hydrogen (secondary N) is 1.